The SMILES string of the molecule is Clc1ccc(C(Br)Cc2ccc3ccccc3n2)c(Br)c1. The van der Waals surface area contributed by atoms with Gasteiger partial charge in [0.25, 0.3) is 0 Å². The summed E-state index contributed by atoms with van der Waals surface area (Å²) in [6, 6.07) is 18.2. The lowest BCUT2D eigenvalue weighted by molar-refractivity contribution is 0.909. The predicted molar refractivity (Wildman–Crippen MR) is 96.3 cm³/mol. The minimum absolute atomic E-state index is 0.192. The molecule has 0 aliphatic carbocycles. The Balaban J connectivity index is 1.87. The molecule has 3 aromatic rings. The summed E-state index contributed by atoms with van der Waals surface area (Å²) in [6.45, 7) is 0. The third kappa shape index (κ3) is 3.47. The molecule has 0 aliphatic heterocycles. The lowest BCUT2D eigenvalue weighted by atomic mass is 10.1. The van der Waals surface area contributed by atoms with Crippen molar-refractivity contribution in [2.75, 3.05) is 0 Å². The van der Waals surface area contributed by atoms with Crippen molar-refractivity contribution in [3.63, 3.8) is 0 Å². The maximum absolute atomic E-state index is 5.99. The highest BCUT2D eigenvalue weighted by atomic mass is 79.9. The van der Waals surface area contributed by atoms with E-state index in [1.165, 1.54) is 10.9 Å². The molecule has 21 heavy (non-hydrogen) atoms. The number of benzene rings is 2. The third-order valence-corrected chi connectivity index (χ3v) is 5.08. The fraction of sp³-hybridized carbons (Fsp3) is 0.118. The number of para-hydroxylation sites is 1. The van der Waals surface area contributed by atoms with Crippen molar-refractivity contribution in [3.8, 4) is 0 Å². The van der Waals surface area contributed by atoms with Gasteiger partial charge in [-0.3, -0.25) is 4.98 Å². The Morgan fingerprint density at radius 3 is 2.67 bits per heavy atom. The molecular formula is C17H12Br2ClN. The van der Waals surface area contributed by atoms with E-state index >= 15 is 0 Å². The van der Waals surface area contributed by atoms with E-state index in [-0.39, 0.29) is 4.83 Å². The van der Waals surface area contributed by atoms with Gasteiger partial charge in [-0.25, -0.2) is 0 Å². The molecule has 4 heteroatoms. The van der Waals surface area contributed by atoms with Gasteiger partial charge in [0.1, 0.15) is 0 Å². The molecule has 0 radical (unpaired) electrons. The number of fused-ring (bicyclic) bond motifs is 1. The third-order valence-electron chi connectivity index (χ3n) is 3.34. The molecule has 0 bridgehead atoms. The molecule has 1 atom stereocenters. The van der Waals surface area contributed by atoms with Gasteiger partial charge >= 0.3 is 0 Å². The zero-order valence-electron chi connectivity index (χ0n) is 11.1. The predicted octanol–water partition coefficient (Wildman–Crippen LogP) is 6.33. The molecule has 0 amide bonds. The van der Waals surface area contributed by atoms with Gasteiger partial charge in [0.2, 0.25) is 0 Å². The molecule has 0 N–H and O–H groups in total. The van der Waals surface area contributed by atoms with E-state index in [0.29, 0.717) is 0 Å². The lowest BCUT2D eigenvalue weighted by Gasteiger charge is -2.12. The topological polar surface area (TPSA) is 12.9 Å². The summed E-state index contributed by atoms with van der Waals surface area (Å²) in [5.74, 6) is 0. The van der Waals surface area contributed by atoms with E-state index in [1.807, 2.05) is 36.4 Å². The molecule has 2 aromatic carbocycles. The van der Waals surface area contributed by atoms with Crippen molar-refractivity contribution in [1.82, 2.24) is 4.98 Å². The van der Waals surface area contributed by atoms with Crippen molar-refractivity contribution in [2.45, 2.75) is 11.2 Å². The maximum atomic E-state index is 5.99. The van der Waals surface area contributed by atoms with Crippen molar-refractivity contribution < 1.29 is 0 Å². The average molecular weight is 426 g/mol. The van der Waals surface area contributed by atoms with Crippen LogP contribution in [0.4, 0.5) is 0 Å². The van der Waals surface area contributed by atoms with E-state index in [0.717, 1.165) is 27.1 Å². The molecule has 1 unspecified atom stereocenters. The molecule has 3 rings (SSSR count). The van der Waals surface area contributed by atoms with Crippen LogP contribution < -0.4 is 0 Å². The van der Waals surface area contributed by atoms with Crippen LogP contribution in [0.25, 0.3) is 10.9 Å². The number of pyridine rings is 1. The molecule has 1 aromatic heterocycles. The first-order valence-electron chi connectivity index (χ1n) is 6.57. The second-order valence-electron chi connectivity index (χ2n) is 4.83. The molecule has 0 spiro atoms. The Morgan fingerprint density at radius 2 is 1.86 bits per heavy atom. The highest BCUT2D eigenvalue weighted by Crippen LogP contribution is 2.34. The number of rotatable bonds is 3. The van der Waals surface area contributed by atoms with E-state index in [4.69, 9.17) is 16.6 Å². The maximum Gasteiger partial charge on any atom is 0.0705 e. The summed E-state index contributed by atoms with van der Waals surface area (Å²) in [5, 5.41) is 1.90. The first-order chi connectivity index (χ1) is 10.1. The number of hydrogen-bond donors (Lipinski definition) is 0. The first kappa shape index (κ1) is 15.0. The van der Waals surface area contributed by atoms with Gasteiger partial charge in [-0.15, -0.1) is 0 Å². The first-order valence-corrected chi connectivity index (χ1v) is 8.66. The van der Waals surface area contributed by atoms with Gasteiger partial charge in [0.15, 0.2) is 0 Å². The quantitative estimate of drug-likeness (QED) is 0.447. The number of hydrogen-bond acceptors (Lipinski definition) is 1. The van der Waals surface area contributed by atoms with Gasteiger partial charge in [0, 0.05) is 31.8 Å². The summed E-state index contributed by atoms with van der Waals surface area (Å²) < 4.78 is 1.01. The zero-order chi connectivity index (χ0) is 14.8. The summed E-state index contributed by atoms with van der Waals surface area (Å²) in [4.78, 5) is 4.91. The smallest absolute Gasteiger partial charge is 0.0705 e. The van der Waals surface area contributed by atoms with E-state index in [1.54, 1.807) is 0 Å². The Bertz CT molecular complexity index is 789. The van der Waals surface area contributed by atoms with Gasteiger partial charge in [-0.2, -0.15) is 0 Å². The molecule has 0 saturated carbocycles. The van der Waals surface area contributed by atoms with Crippen LogP contribution in [0.1, 0.15) is 16.1 Å². The number of nitrogens with zero attached hydrogens (tertiary/aromatic N) is 1. The number of alkyl halides is 1. The minimum Gasteiger partial charge on any atom is -0.253 e. The monoisotopic (exact) mass is 423 g/mol. The van der Waals surface area contributed by atoms with E-state index in [9.17, 15) is 0 Å². The normalized spacial score (nSPS) is 12.5. The highest BCUT2D eigenvalue weighted by Gasteiger charge is 2.13. The summed E-state index contributed by atoms with van der Waals surface area (Å²) in [5.41, 5.74) is 3.27. The van der Waals surface area contributed by atoms with Crippen LogP contribution in [0.15, 0.2) is 59.1 Å². The molecule has 1 nitrogen and oxygen atoms in total. The molecule has 0 aliphatic rings. The average Bonchev–Trinajstić information content (AvgIpc) is 2.47. The number of aromatic nitrogens is 1. The van der Waals surface area contributed by atoms with Crippen molar-refractivity contribution >= 4 is 54.4 Å². The van der Waals surface area contributed by atoms with Crippen LogP contribution >= 0.6 is 43.5 Å². The minimum atomic E-state index is 0.192. The van der Waals surface area contributed by atoms with Crippen LogP contribution in [0, 0.1) is 0 Å². The Morgan fingerprint density at radius 1 is 1.05 bits per heavy atom. The molecule has 106 valence electrons. The van der Waals surface area contributed by atoms with E-state index < -0.39 is 0 Å². The van der Waals surface area contributed by atoms with Crippen LogP contribution in [0.3, 0.4) is 0 Å². The Kier molecular flexibility index (Phi) is 4.63. The molecular weight excluding hydrogens is 413 g/mol. The largest absolute Gasteiger partial charge is 0.253 e. The second kappa shape index (κ2) is 6.47. The standard InChI is InChI=1S/C17H12Br2ClN/c18-15-9-12(20)6-8-14(15)16(19)10-13-7-5-11-3-1-2-4-17(11)21-13/h1-9,16H,10H2. The van der Waals surface area contributed by atoms with Crippen LogP contribution in [-0.4, -0.2) is 4.98 Å². The van der Waals surface area contributed by atoms with Crippen LogP contribution in [-0.2, 0) is 6.42 Å². The summed E-state index contributed by atoms with van der Waals surface area (Å²) >= 11 is 13.3. The van der Waals surface area contributed by atoms with Gasteiger partial charge < -0.3 is 0 Å². The summed E-state index contributed by atoms with van der Waals surface area (Å²) in [6.07, 6.45) is 0.824. The van der Waals surface area contributed by atoms with E-state index in [2.05, 4.69) is 50.1 Å². The van der Waals surface area contributed by atoms with Crippen LogP contribution in [0.2, 0.25) is 5.02 Å². The summed E-state index contributed by atoms with van der Waals surface area (Å²) in [7, 11) is 0. The molecule has 1 heterocycles. The Labute approximate surface area is 145 Å². The lowest BCUT2D eigenvalue weighted by Crippen LogP contribution is -1.99. The van der Waals surface area contributed by atoms with Crippen molar-refractivity contribution in [2.24, 2.45) is 0 Å². The Hall–Kier alpha value is -0.900. The number of halogens is 3. The van der Waals surface area contributed by atoms with Crippen LogP contribution in [0.5, 0.6) is 0 Å². The molecule has 0 fully saturated rings. The fourth-order valence-electron chi connectivity index (χ4n) is 2.27. The van der Waals surface area contributed by atoms with Crippen molar-refractivity contribution in [3.05, 3.63) is 75.4 Å². The zero-order valence-corrected chi connectivity index (χ0v) is 15.0. The highest BCUT2D eigenvalue weighted by molar-refractivity contribution is 9.11. The van der Waals surface area contributed by atoms with Crippen molar-refractivity contribution in [1.29, 1.82) is 0 Å². The van der Waals surface area contributed by atoms with Gasteiger partial charge in [-0.1, -0.05) is 73.8 Å². The van der Waals surface area contributed by atoms with Gasteiger partial charge in [0.05, 0.1) is 5.52 Å². The molecule has 0 saturated heterocycles. The van der Waals surface area contributed by atoms with Gasteiger partial charge in [-0.05, 0) is 29.8 Å². The second-order valence-corrected chi connectivity index (χ2v) is 7.23. The fourth-order valence-corrected chi connectivity index (χ4v) is 4.27.